The summed E-state index contributed by atoms with van der Waals surface area (Å²) in [5.74, 6) is 0. The second kappa shape index (κ2) is 2.32. The van der Waals surface area contributed by atoms with E-state index in [1.54, 1.807) is 11.3 Å². The molecule has 2 aromatic heterocycles. The first kappa shape index (κ1) is 7.31. The van der Waals surface area contributed by atoms with Crippen LogP contribution < -0.4 is 0 Å². The van der Waals surface area contributed by atoms with Crippen LogP contribution in [0.2, 0.25) is 0 Å². The van der Waals surface area contributed by atoms with Crippen LogP contribution in [0.25, 0.3) is 10.2 Å². The van der Waals surface area contributed by atoms with Gasteiger partial charge in [-0.25, -0.2) is 0 Å². The summed E-state index contributed by atoms with van der Waals surface area (Å²) in [6.07, 6.45) is 0. The van der Waals surface area contributed by atoms with Crippen LogP contribution in [-0.4, -0.2) is 9.78 Å². The number of fused-ring (bicyclic) bond motifs is 1. The fraction of sp³-hybridized carbons (Fsp3) is 0.286. The molecule has 0 aromatic carbocycles. The van der Waals surface area contributed by atoms with Gasteiger partial charge in [-0.2, -0.15) is 5.10 Å². The van der Waals surface area contributed by atoms with Crippen LogP contribution in [-0.2, 0) is 7.05 Å². The van der Waals surface area contributed by atoms with Gasteiger partial charge in [0.05, 0.1) is 9.48 Å². The van der Waals surface area contributed by atoms with E-state index >= 15 is 0 Å². The van der Waals surface area contributed by atoms with Crippen LogP contribution >= 0.6 is 27.3 Å². The van der Waals surface area contributed by atoms with E-state index in [1.807, 2.05) is 18.7 Å². The second-order valence-corrected chi connectivity index (χ2v) is 4.89. The molecule has 2 heterocycles. The Morgan fingerprint density at radius 1 is 1.64 bits per heavy atom. The quantitative estimate of drug-likeness (QED) is 0.681. The maximum atomic E-state index is 4.30. The van der Waals surface area contributed by atoms with E-state index in [2.05, 4.69) is 27.1 Å². The van der Waals surface area contributed by atoms with E-state index in [0.717, 1.165) is 5.69 Å². The van der Waals surface area contributed by atoms with Crippen molar-refractivity contribution in [1.29, 1.82) is 0 Å². The van der Waals surface area contributed by atoms with Gasteiger partial charge in [0.15, 0.2) is 0 Å². The van der Waals surface area contributed by atoms with Crippen molar-refractivity contribution in [3.05, 3.63) is 15.5 Å². The Kier molecular flexibility index (Phi) is 1.54. The Balaban J connectivity index is 2.92. The summed E-state index contributed by atoms with van der Waals surface area (Å²) >= 11 is 5.17. The lowest BCUT2D eigenvalue weighted by molar-refractivity contribution is 0.788. The second-order valence-electron chi connectivity index (χ2n) is 2.48. The highest BCUT2D eigenvalue weighted by Gasteiger charge is 2.07. The van der Waals surface area contributed by atoms with Crippen molar-refractivity contribution in [1.82, 2.24) is 9.78 Å². The molecule has 0 saturated carbocycles. The highest BCUT2D eigenvalue weighted by Crippen LogP contribution is 2.30. The summed E-state index contributed by atoms with van der Waals surface area (Å²) in [7, 11) is 1.97. The van der Waals surface area contributed by atoms with Crippen molar-refractivity contribution in [3.8, 4) is 0 Å². The molecular weight excluding hydrogens is 224 g/mol. The highest BCUT2D eigenvalue weighted by atomic mass is 79.9. The third-order valence-corrected chi connectivity index (χ3v) is 3.37. The topological polar surface area (TPSA) is 17.8 Å². The lowest BCUT2D eigenvalue weighted by Crippen LogP contribution is -1.87. The SMILES string of the molecule is Cc1nn(C)c2sc(Br)cc12. The van der Waals surface area contributed by atoms with E-state index in [-0.39, 0.29) is 0 Å². The zero-order valence-electron chi connectivity index (χ0n) is 6.26. The lowest BCUT2D eigenvalue weighted by atomic mass is 10.3. The molecule has 0 unspecified atom stereocenters. The van der Waals surface area contributed by atoms with Crippen molar-refractivity contribution in [2.24, 2.45) is 7.05 Å². The average molecular weight is 231 g/mol. The van der Waals surface area contributed by atoms with Gasteiger partial charge >= 0.3 is 0 Å². The first-order valence-electron chi connectivity index (χ1n) is 3.27. The molecule has 0 saturated heterocycles. The third kappa shape index (κ3) is 1.01. The minimum atomic E-state index is 1.10. The van der Waals surface area contributed by atoms with Crippen molar-refractivity contribution in [2.45, 2.75) is 6.92 Å². The van der Waals surface area contributed by atoms with Crippen LogP contribution in [0.3, 0.4) is 0 Å². The Morgan fingerprint density at radius 3 is 3.00 bits per heavy atom. The maximum Gasteiger partial charge on any atom is 0.122 e. The molecule has 0 N–H and O–H groups in total. The molecule has 0 radical (unpaired) electrons. The Bertz CT molecular complexity index is 367. The van der Waals surface area contributed by atoms with Gasteiger partial charge in [0, 0.05) is 12.4 Å². The van der Waals surface area contributed by atoms with Gasteiger partial charge in [-0.15, -0.1) is 11.3 Å². The van der Waals surface area contributed by atoms with Crippen LogP contribution in [0.1, 0.15) is 5.69 Å². The molecule has 58 valence electrons. The summed E-state index contributed by atoms with van der Waals surface area (Å²) in [5.41, 5.74) is 1.10. The number of rotatable bonds is 0. The van der Waals surface area contributed by atoms with Crippen molar-refractivity contribution in [3.63, 3.8) is 0 Å². The smallest absolute Gasteiger partial charge is 0.122 e. The van der Waals surface area contributed by atoms with E-state index in [1.165, 1.54) is 14.0 Å². The standard InChI is InChI=1S/C7H7BrN2S/c1-4-5-3-6(8)11-7(5)10(2)9-4/h3H,1-2H3. The molecule has 4 heteroatoms. The molecule has 2 aromatic rings. The average Bonchev–Trinajstić information content (AvgIpc) is 2.38. The van der Waals surface area contributed by atoms with Crippen LogP contribution in [0.15, 0.2) is 9.85 Å². The van der Waals surface area contributed by atoms with E-state index in [0.29, 0.717) is 0 Å². The molecule has 0 aliphatic rings. The molecular formula is C7H7BrN2S. The van der Waals surface area contributed by atoms with E-state index in [9.17, 15) is 0 Å². The van der Waals surface area contributed by atoms with Crippen LogP contribution in [0.4, 0.5) is 0 Å². The van der Waals surface area contributed by atoms with Gasteiger partial charge in [0.1, 0.15) is 4.83 Å². The fourth-order valence-corrected chi connectivity index (χ4v) is 2.72. The number of aromatic nitrogens is 2. The van der Waals surface area contributed by atoms with Gasteiger partial charge in [0.25, 0.3) is 0 Å². The predicted octanol–water partition coefficient (Wildman–Crippen LogP) is 2.71. The number of halogens is 1. The zero-order valence-corrected chi connectivity index (χ0v) is 8.66. The molecule has 0 aliphatic carbocycles. The fourth-order valence-electron chi connectivity index (χ4n) is 1.18. The molecule has 0 atom stereocenters. The molecule has 2 nitrogen and oxygen atoms in total. The molecule has 0 bridgehead atoms. The summed E-state index contributed by atoms with van der Waals surface area (Å²) in [6, 6.07) is 2.11. The van der Waals surface area contributed by atoms with Crippen LogP contribution in [0.5, 0.6) is 0 Å². The monoisotopic (exact) mass is 230 g/mol. The number of hydrogen-bond acceptors (Lipinski definition) is 2. The summed E-state index contributed by atoms with van der Waals surface area (Å²) in [6.45, 7) is 2.03. The first-order valence-corrected chi connectivity index (χ1v) is 4.88. The Morgan fingerprint density at radius 2 is 2.36 bits per heavy atom. The Hall–Kier alpha value is -0.350. The number of thiophene rings is 1. The van der Waals surface area contributed by atoms with Gasteiger partial charge in [-0.3, -0.25) is 4.68 Å². The van der Waals surface area contributed by atoms with Gasteiger partial charge in [0.2, 0.25) is 0 Å². The largest absolute Gasteiger partial charge is 0.258 e. The van der Waals surface area contributed by atoms with Gasteiger partial charge in [-0.1, -0.05) is 0 Å². The molecule has 2 rings (SSSR count). The van der Waals surface area contributed by atoms with Crippen LogP contribution in [0, 0.1) is 6.92 Å². The molecule has 0 aliphatic heterocycles. The summed E-state index contributed by atoms with van der Waals surface area (Å²) < 4.78 is 3.09. The van der Waals surface area contributed by atoms with E-state index < -0.39 is 0 Å². The van der Waals surface area contributed by atoms with E-state index in [4.69, 9.17) is 0 Å². The first-order chi connectivity index (χ1) is 5.18. The maximum absolute atomic E-state index is 4.30. The molecule has 11 heavy (non-hydrogen) atoms. The Labute approximate surface area is 77.0 Å². The van der Waals surface area contributed by atoms with Gasteiger partial charge < -0.3 is 0 Å². The minimum Gasteiger partial charge on any atom is -0.258 e. The predicted molar refractivity (Wildman–Crippen MR) is 51.0 cm³/mol. The number of aryl methyl sites for hydroxylation is 2. The number of nitrogens with zero attached hydrogens (tertiary/aromatic N) is 2. The van der Waals surface area contributed by atoms with Crippen molar-refractivity contribution >= 4 is 37.5 Å². The summed E-state index contributed by atoms with van der Waals surface area (Å²) in [5, 5.41) is 5.55. The summed E-state index contributed by atoms with van der Waals surface area (Å²) in [4.78, 5) is 1.23. The van der Waals surface area contributed by atoms with Crippen molar-refractivity contribution in [2.75, 3.05) is 0 Å². The number of hydrogen-bond donors (Lipinski definition) is 0. The highest BCUT2D eigenvalue weighted by molar-refractivity contribution is 9.11. The normalized spacial score (nSPS) is 11.2. The van der Waals surface area contributed by atoms with Gasteiger partial charge in [-0.05, 0) is 28.9 Å². The lowest BCUT2D eigenvalue weighted by Gasteiger charge is -1.85. The third-order valence-electron chi connectivity index (χ3n) is 1.67. The molecule has 0 spiro atoms. The zero-order chi connectivity index (χ0) is 8.01. The molecule has 0 amide bonds. The molecule has 0 fully saturated rings. The van der Waals surface area contributed by atoms with Crippen molar-refractivity contribution < 1.29 is 0 Å². The minimum absolute atomic E-state index is 1.10.